The molecule has 0 bridgehead atoms. The molecule has 0 saturated carbocycles. The molecule has 0 aliphatic rings. The van der Waals surface area contributed by atoms with E-state index < -0.39 is 6.10 Å². The van der Waals surface area contributed by atoms with Crippen molar-refractivity contribution >= 4 is 5.91 Å². The van der Waals surface area contributed by atoms with Crippen molar-refractivity contribution in [3.05, 3.63) is 29.8 Å². The normalized spacial score (nSPS) is 11.9. The van der Waals surface area contributed by atoms with Crippen LogP contribution in [0, 0.1) is 6.92 Å². The van der Waals surface area contributed by atoms with Crippen LogP contribution in [0.2, 0.25) is 0 Å². The maximum absolute atomic E-state index is 11.7. The lowest BCUT2D eigenvalue weighted by Gasteiger charge is -2.14. The molecule has 0 spiro atoms. The Morgan fingerprint density at radius 2 is 2.00 bits per heavy atom. The number of hydrogen-bond acceptors (Lipinski definition) is 3. The molecule has 0 radical (unpaired) electrons. The minimum Gasteiger partial charge on any atom is -0.481 e. The van der Waals surface area contributed by atoms with Gasteiger partial charge in [-0.05, 0) is 32.4 Å². The summed E-state index contributed by atoms with van der Waals surface area (Å²) in [6.45, 7) is 5.00. The molecule has 4 heteroatoms. The van der Waals surface area contributed by atoms with Gasteiger partial charge in [0.25, 0.3) is 5.91 Å². The van der Waals surface area contributed by atoms with Gasteiger partial charge in [0.15, 0.2) is 6.10 Å². The third kappa shape index (κ3) is 5.19. The molecule has 0 aromatic heterocycles. The molecule has 1 unspecified atom stereocenters. The van der Waals surface area contributed by atoms with Crippen LogP contribution in [0.25, 0.3) is 0 Å². The average Bonchev–Trinajstić information content (AvgIpc) is 2.37. The predicted molar refractivity (Wildman–Crippen MR) is 70.8 cm³/mol. The Bertz CT molecular complexity index is 362. The van der Waals surface area contributed by atoms with Crippen molar-refractivity contribution in [2.45, 2.75) is 26.4 Å². The molecule has 0 aliphatic carbocycles. The lowest BCUT2D eigenvalue weighted by molar-refractivity contribution is -0.127. The monoisotopic (exact) mass is 251 g/mol. The molecule has 1 aromatic carbocycles. The molecule has 1 atom stereocenters. The summed E-state index contributed by atoms with van der Waals surface area (Å²) in [5, 5.41) is 2.80. The molecular formula is C14H21NO3. The van der Waals surface area contributed by atoms with Crippen molar-refractivity contribution < 1.29 is 14.3 Å². The number of nitrogens with one attached hydrogen (secondary N) is 1. The third-order valence-corrected chi connectivity index (χ3v) is 2.53. The van der Waals surface area contributed by atoms with E-state index in [1.807, 2.05) is 31.2 Å². The van der Waals surface area contributed by atoms with E-state index in [4.69, 9.17) is 9.47 Å². The molecule has 0 heterocycles. The number of hydrogen-bond donors (Lipinski definition) is 1. The first kappa shape index (κ1) is 14.5. The van der Waals surface area contributed by atoms with E-state index in [9.17, 15) is 4.79 Å². The van der Waals surface area contributed by atoms with Crippen LogP contribution in [0.1, 0.15) is 18.9 Å². The smallest absolute Gasteiger partial charge is 0.260 e. The lowest BCUT2D eigenvalue weighted by atomic mass is 10.2. The highest BCUT2D eigenvalue weighted by molar-refractivity contribution is 5.80. The van der Waals surface area contributed by atoms with Gasteiger partial charge in [0.2, 0.25) is 0 Å². The van der Waals surface area contributed by atoms with Crippen LogP contribution in [0.15, 0.2) is 24.3 Å². The van der Waals surface area contributed by atoms with Crippen LogP contribution >= 0.6 is 0 Å². The number of amides is 1. The molecule has 0 fully saturated rings. The highest BCUT2D eigenvalue weighted by Crippen LogP contribution is 2.13. The van der Waals surface area contributed by atoms with Crippen LogP contribution in [0.5, 0.6) is 5.75 Å². The summed E-state index contributed by atoms with van der Waals surface area (Å²) < 4.78 is 10.5. The Kier molecular flexibility index (Phi) is 6.22. The maximum Gasteiger partial charge on any atom is 0.260 e. The van der Waals surface area contributed by atoms with E-state index in [1.165, 1.54) is 5.56 Å². The molecule has 100 valence electrons. The molecule has 1 amide bonds. The van der Waals surface area contributed by atoms with E-state index in [0.717, 1.165) is 6.42 Å². The van der Waals surface area contributed by atoms with Crippen LogP contribution in [-0.4, -0.2) is 32.3 Å². The van der Waals surface area contributed by atoms with E-state index >= 15 is 0 Å². The number of carbonyl (C=O) groups is 1. The summed E-state index contributed by atoms with van der Waals surface area (Å²) >= 11 is 0. The topological polar surface area (TPSA) is 47.6 Å². The molecule has 4 nitrogen and oxygen atoms in total. The van der Waals surface area contributed by atoms with Crippen LogP contribution in [0.4, 0.5) is 0 Å². The van der Waals surface area contributed by atoms with Crippen LogP contribution in [-0.2, 0) is 9.53 Å². The molecule has 0 aliphatic heterocycles. The Hall–Kier alpha value is -1.55. The van der Waals surface area contributed by atoms with Crippen LogP contribution < -0.4 is 10.1 Å². The van der Waals surface area contributed by atoms with E-state index in [2.05, 4.69) is 5.32 Å². The Morgan fingerprint density at radius 1 is 1.33 bits per heavy atom. The number of ether oxygens (including phenoxy) is 2. The van der Waals surface area contributed by atoms with E-state index in [-0.39, 0.29) is 5.91 Å². The fourth-order valence-electron chi connectivity index (χ4n) is 1.45. The maximum atomic E-state index is 11.7. The fourth-order valence-corrected chi connectivity index (χ4v) is 1.45. The van der Waals surface area contributed by atoms with Gasteiger partial charge in [-0.25, -0.2) is 0 Å². The van der Waals surface area contributed by atoms with Crippen molar-refractivity contribution in [3.63, 3.8) is 0 Å². The lowest BCUT2D eigenvalue weighted by Crippen LogP contribution is -2.37. The van der Waals surface area contributed by atoms with Gasteiger partial charge in [-0.2, -0.15) is 0 Å². The summed E-state index contributed by atoms with van der Waals surface area (Å²) in [5.41, 5.74) is 1.17. The SMILES string of the molecule is COCCCNC(=O)C(C)Oc1ccc(C)cc1. The van der Waals surface area contributed by atoms with Gasteiger partial charge in [0.1, 0.15) is 5.75 Å². The summed E-state index contributed by atoms with van der Waals surface area (Å²) in [6.07, 6.45) is 0.315. The van der Waals surface area contributed by atoms with Gasteiger partial charge in [-0.1, -0.05) is 17.7 Å². The molecule has 0 saturated heterocycles. The minimum atomic E-state index is -0.491. The zero-order valence-electron chi connectivity index (χ0n) is 11.2. The van der Waals surface area contributed by atoms with Gasteiger partial charge < -0.3 is 14.8 Å². The van der Waals surface area contributed by atoms with Crippen molar-refractivity contribution in [2.24, 2.45) is 0 Å². The molecule has 1 N–H and O–H groups in total. The second-order valence-electron chi connectivity index (χ2n) is 4.21. The first-order chi connectivity index (χ1) is 8.63. The number of rotatable bonds is 7. The Balaban J connectivity index is 2.33. The first-order valence-electron chi connectivity index (χ1n) is 6.13. The van der Waals surface area contributed by atoms with E-state index in [0.29, 0.717) is 18.9 Å². The van der Waals surface area contributed by atoms with Gasteiger partial charge in [-0.15, -0.1) is 0 Å². The quantitative estimate of drug-likeness (QED) is 0.753. The second-order valence-corrected chi connectivity index (χ2v) is 4.21. The average molecular weight is 251 g/mol. The fraction of sp³-hybridized carbons (Fsp3) is 0.500. The molecule has 1 rings (SSSR count). The largest absolute Gasteiger partial charge is 0.481 e. The Labute approximate surface area is 108 Å². The number of methoxy groups -OCH3 is 1. The second kappa shape index (κ2) is 7.71. The molecule has 18 heavy (non-hydrogen) atoms. The predicted octanol–water partition coefficient (Wildman–Crippen LogP) is 1.92. The first-order valence-corrected chi connectivity index (χ1v) is 6.13. The van der Waals surface area contributed by atoms with Gasteiger partial charge in [0, 0.05) is 20.3 Å². The van der Waals surface area contributed by atoms with Crippen molar-refractivity contribution in [3.8, 4) is 5.75 Å². The zero-order chi connectivity index (χ0) is 13.4. The standard InChI is InChI=1S/C14H21NO3/c1-11-5-7-13(8-6-11)18-12(2)14(16)15-9-4-10-17-3/h5-8,12H,4,9-10H2,1-3H3,(H,15,16). The van der Waals surface area contributed by atoms with E-state index in [1.54, 1.807) is 14.0 Å². The number of aryl methyl sites for hydroxylation is 1. The van der Waals surface area contributed by atoms with Crippen molar-refractivity contribution in [1.29, 1.82) is 0 Å². The third-order valence-electron chi connectivity index (χ3n) is 2.53. The summed E-state index contributed by atoms with van der Waals surface area (Å²) in [5.74, 6) is 0.604. The molecule has 1 aromatic rings. The molecular weight excluding hydrogens is 230 g/mol. The van der Waals surface area contributed by atoms with Gasteiger partial charge in [-0.3, -0.25) is 4.79 Å². The van der Waals surface area contributed by atoms with Crippen molar-refractivity contribution in [1.82, 2.24) is 5.32 Å². The summed E-state index contributed by atoms with van der Waals surface area (Å²) in [4.78, 5) is 11.7. The number of carbonyl (C=O) groups excluding carboxylic acids is 1. The van der Waals surface area contributed by atoms with Crippen molar-refractivity contribution in [2.75, 3.05) is 20.3 Å². The minimum absolute atomic E-state index is 0.105. The number of benzene rings is 1. The Morgan fingerprint density at radius 3 is 2.61 bits per heavy atom. The van der Waals surface area contributed by atoms with Crippen LogP contribution in [0.3, 0.4) is 0 Å². The van der Waals surface area contributed by atoms with Gasteiger partial charge >= 0.3 is 0 Å². The highest BCUT2D eigenvalue weighted by atomic mass is 16.5. The highest BCUT2D eigenvalue weighted by Gasteiger charge is 2.13. The summed E-state index contributed by atoms with van der Waals surface area (Å²) in [6, 6.07) is 7.64. The zero-order valence-corrected chi connectivity index (χ0v) is 11.2. The summed E-state index contributed by atoms with van der Waals surface area (Å²) in [7, 11) is 1.64. The van der Waals surface area contributed by atoms with Gasteiger partial charge in [0.05, 0.1) is 0 Å².